The van der Waals surface area contributed by atoms with E-state index >= 15 is 0 Å². The van der Waals surface area contributed by atoms with Crippen molar-refractivity contribution in [3.8, 4) is 0 Å². The van der Waals surface area contributed by atoms with Gasteiger partial charge in [-0.3, -0.25) is 9.36 Å². The smallest absolute Gasteiger partial charge is 0.329 e. The van der Waals surface area contributed by atoms with Crippen molar-refractivity contribution in [3.05, 3.63) is 25.3 Å². The zero-order valence-electron chi connectivity index (χ0n) is 7.43. The molecule has 0 atom stereocenters. The molecule has 0 aliphatic rings. The van der Waals surface area contributed by atoms with E-state index in [1.165, 1.54) is 12.2 Å². The van der Waals surface area contributed by atoms with E-state index < -0.39 is 7.60 Å². The van der Waals surface area contributed by atoms with Gasteiger partial charge in [0.15, 0.2) is 0 Å². The van der Waals surface area contributed by atoms with Gasteiger partial charge in [0.05, 0.1) is 6.16 Å². The average Bonchev–Trinajstić information content (AvgIpc) is 2.02. The molecule has 0 saturated heterocycles. The number of rotatable bonds is 3. The molecule has 0 bridgehead atoms. The van der Waals surface area contributed by atoms with Crippen LogP contribution in [0.25, 0.3) is 0 Å². The molecule has 0 rings (SSSR count). The van der Waals surface area contributed by atoms with Crippen molar-refractivity contribution in [2.75, 3.05) is 13.2 Å². The van der Waals surface area contributed by atoms with Gasteiger partial charge < -0.3 is 15.1 Å². The number of amides is 1. The Morgan fingerprint density at radius 1 is 1.54 bits per heavy atom. The number of carbonyl (C=O) groups excluding carboxylic acids is 1. The van der Waals surface area contributed by atoms with Gasteiger partial charge >= 0.3 is 7.60 Å². The summed E-state index contributed by atoms with van der Waals surface area (Å²) in [7, 11) is -2.22. The molecule has 0 heterocycles. The highest BCUT2D eigenvalue weighted by Gasteiger charge is 2.06. The number of allylic oxidation sites excluding steroid dienone is 1. The average molecular weight is 207 g/mol. The van der Waals surface area contributed by atoms with Crippen LogP contribution >= 0.6 is 7.60 Å². The molecule has 6 heteroatoms. The monoisotopic (exact) mass is 207 g/mol. The van der Waals surface area contributed by atoms with Crippen molar-refractivity contribution in [1.29, 1.82) is 0 Å². The zero-order chi connectivity index (χ0) is 10.9. The molecule has 0 saturated carbocycles. The second-order valence-corrected chi connectivity index (χ2v) is 3.65. The fourth-order valence-electron chi connectivity index (χ4n) is 0.270. The Kier molecular flexibility index (Phi) is 8.69. The molecular weight excluding hydrogens is 193 g/mol. The number of carbonyl (C=O) groups is 1. The van der Waals surface area contributed by atoms with Crippen LogP contribution in [-0.4, -0.2) is 28.9 Å². The first-order valence-corrected chi connectivity index (χ1v) is 5.16. The number of nitrogens with one attached hydrogen (secondary N) is 1. The maximum atomic E-state index is 9.95. The SMILES string of the molecule is C=CC(=O)NC.C=CCP(=O)(O)O. The van der Waals surface area contributed by atoms with Crippen molar-refractivity contribution in [2.24, 2.45) is 0 Å². The van der Waals surface area contributed by atoms with Gasteiger partial charge in [-0.25, -0.2) is 0 Å². The molecule has 5 nitrogen and oxygen atoms in total. The molecule has 0 spiro atoms. The van der Waals surface area contributed by atoms with Crippen LogP contribution in [0.5, 0.6) is 0 Å². The highest BCUT2D eigenvalue weighted by Crippen LogP contribution is 2.33. The van der Waals surface area contributed by atoms with Crippen molar-refractivity contribution in [3.63, 3.8) is 0 Å². The van der Waals surface area contributed by atoms with E-state index in [1.54, 1.807) is 7.05 Å². The van der Waals surface area contributed by atoms with E-state index in [2.05, 4.69) is 18.5 Å². The highest BCUT2D eigenvalue weighted by atomic mass is 31.2. The molecule has 0 aromatic heterocycles. The van der Waals surface area contributed by atoms with Crippen LogP contribution < -0.4 is 5.32 Å². The van der Waals surface area contributed by atoms with Gasteiger partial charge in [0.2, 0.25) is 5.91 Å². The van der Waals surface area contributed by atoms with Crippen molar-refractivity contribution >= 4 is 13.5 Å². The summed E-state index contributed by atoms with van der Waals surface area (Å²) >= 11 is 0. The summed E-state index contributed by atoms with van der Waals surface area (Å²) in [6.45, 7) is 6.37. The number of likely N-dealkylation sites (N-methyl/N-ethyl adjacent to an activating group) is 1. The highest BCUT2D eigenvalue weighted by molar-refractivity contribution is 7.51. The fraction of sp³-hybridized carbons (Fsp3) is 0.286. The van der Waals surface area contributed by atoms with Crippen LogP contribution in [0.1, 0.15) is 0 Å². The number of hydrogen-bond donors (Lipinski definition) is 3. The summed E-state index contributed by atoms with van der Waals surface area (Å²) < 4.78 is 9.85. The summed E-state index contributed by atoms with van der Waals surface area (Å²) in [5.74, 6) is -0.144. The molecule has 1 amide bonds. The van der Waals surface area contributed by atoms with Gasteiger partial charge in [-0.15, -0.1) is 6.58 Å². The Balaban J connectivity index is 0. The van der Waals surface area contributed by atoms with E-state index in [1.807, 2.05) is 0 Å². The standard InChI is InChI=1S/C4H7NO.C3H7O3P/c1-3-4(6)5-2;1-2-3-7(4,5)6/h3H,1H2,2H3,(H,5,6);2H,1,3H2,(H2,4,5,6). The molecule has 0 aromatic rings. The Morgan fingerprint density at radius 2 is 2.00 bits per heavy atom. The lowest BCUT2D eigenvalue weighted by molar-refractivity contribution is -0.116. The second-order valence-electron chi connectivity index (χ2n) is 1.95. The Bertz CT molecular complexity index is 221. The molecule has 0 unspecified atom stereocenters. The van der Waals surface area contributed by atoms with E-state index in [4.69, 9.17) is 9.79 Å². The van der Waals surface area contributed by atoms with Gasteiger partial charge in [-0.1, -0.05) is 12.7 Å². The van der Waals surface area contributed by atoms with Crippen molar-refractivity contribution < 1.29 is 19.1 Å². The minimum atomic E-state index is -3.78. The first kappa shape index (κ1) is 14.6. The molecule has 0 aromatic carbocycles. The first-order valence-electron chi connectivity index (χ1n) is 3.37. The van der Waals surface area contributed by atoms with Gasteiger partial charge in [-0.2, -0.15) is 0 Å². The summed E-state index contributed by atoms with van der Waals surface area (Å²) in [5, 5.41) is 2.36. The van der Waals surface area contributed by atoms with E-state index in [-0.39, 0.29) is 12.1 Å². The first-order chi connectivity index (χ1) is 5.87. The van der Waals surface area contributed by atoms with Crippen LogP contribution in [0, 0.1) is 0 Å². The lowest BCUT2D eigenvalue weighted by Gasteiger charge is -1.94. The maximum Gasteiger partial charge on any atom is 0.329 e. The van der Waals surface area contributed by atoms with Gasteiger partial charge in [-0.05, 0) is 6.08 Å². The second kappa shape index (κ2) is 7.73. The summed E-state index contributed by atoms with van der Waals surface area (Å²) in [6, 6.07) is 0. The van der Waals surface area contributed by atoms with Crippen LogP contribution in [0.2, 0.25) is 0 Å². The third-order valence-electron chi connectivity index (χ3n) is 0.799. The normalized spacial score (nSPS) is 9.15. The summed E-state index contributed by atoms with van der Waals surface area (Å²) in [4.78, 5) is 26.1. The van der Waals surface area contributed by atoms with Gasteiger partial charge in [0.1, 0.15) is 0 Å². The predicted molar refractivity (Wildman–Crippen MR) is 51.4 cm³/mol. The molecule has 13 heavy (non-hydrogen) atoms. The van der Waals surface area contributed by atoms with Crippen molar-refractivity contribution in [2.45, 2.75) is 0 Å². The topological polar surface area (TPSA) is 86.6 Å². The van der Waals surface area contributed by atoms with Crippen molar-refractivity contribution in [1.82, 2.24) is 5.32 Å². The fourth-order valence-corrected chi connectivity index (χ4v) is 0.607. The van der Waals surface area contributed by atoms with E-state index in [0.29, 0.717) is 0 Å². The lowest BCUT2D eigenvalue weighted by Crippen LogP contribution is -2.13. The predicted octanol–water partition coefficient (Wildman–Crippen LogP) is 0.268. The van der Waals surface area contributed by atoms with Crippen LogP contribution in [-0.2, 0) is 9.36 Å². The quantitative estimate of drug-likeness (QED) is 0.352. The molecule has 0 fully saturated rings. The lowest BCUT2D eigenvalue weighted by atomic mass is 10.6. The molecule has 0 aliphatic heterocycles. The summed E-state index contributed by atoms with van der Waals surface area (Å²) in [5.41, 5.74) is 0. The minimum Gasteiger partial charge on any atom is -0.356 e. The van der Waals surface area contributed by atoms with Crippen LogP contribution in [0.3, 0.4) is 0 Å². The minimum absolute atomic E-state index is 0.144. The molecule has 3 N–H and O–H groups in total. The number of hydrogen-bond acceptors (Lipinski definition) is 2. The molecule has 0 aliphatic carbocycles. The molecular formula is C7H14NO4P. The van der Waals surface area contributed by atoms with Crippen LogP contribution in [0.15, 0.2) is 25.3 Å². The van der Waals surface area contributed by atoms with E-state index in [9.17, 15) is 9.36 Å². The van der Waals surface area contributed by atoms with Gasteiger partial charge in [0, 0.05) is 7.05 Å². The third kappa shape index (κ3) is 18.2. The Hall–Kier alpha value is -0.900. The summed E-state index contributed by atoms with van der Waals surface area (Å²) in [6.07, 6.45) is 2.19. The zero-order valence-corrected chi connectivity index (χ0v) is 8.33. The molecule has 0 radical (unpaired) electrons. The molecule has 76 valence electrons. The Labute approximate surface area is 77.3 Å². The van der Waals surface area contributed by atoms with E-state index in [0.717, 1.165) is 0 Å². The third-order valence-corrected chi connectivity index (χ3v) is 1.53. The van der Waals surface area contributed by atoms with Gasteiger partial charge in [0.25, 0.3) is 0 Å². The Morgan fingerprint density at radius 3 is 2.00 bits per heavy atom. The maximum absolute atomic E-state index is 9.95. The largest absolute Gasteiger partial charge is 0.356 e. The van der Waals surface area contributed by atoms with Crippen LogP contribution in [0.4, 0.5) is 0 Å².